The molecule has 0 radical (unpaired) electrons. The van der Waals surface area contributed by atoms with E-state index in [1.165, 1.54) is 18.3 Å². The van der Waals surface area contributed by atoms with E-state index in [9.17, 15) is 23.1 Å². The SMILES string of the molecule is O=c1c2c[nH]c3cc(CO)ccc3c-2nn1-c1ccc(OC(F)(F)F)cc1. The molecule has 0 atom stereocenters. The van der Waals surface area contributed by atoms with E-state index in [0.717, 1.165) is 16.8 Å². The van der Waals surface area contributed by atoms with Crippen molar-refractivity contribution in [2.75, 3.05) is 0 Å². The van der Waals surface area contributed by atoms with Crippen molar-refractivity contribution in [2.45, 2.75) is 13.0 Å². The van der Waals surface area contributed by atoms with Gasteiger partial charge in [0, 0.05) is 17.1 Å². The van der Waals surface area contributed by atoms with Gasteiger partial charge in [-0.3, -0.25) is 4.79 Å². The summed E-state index contributed by atoms with van der Waals surface area (Å²) < 4.78 is 41.7. The number of H-pyrrole nitrogens is 1. The van der Waals surface area contributed by atoms with E-state index in [0.29, 0.717) is 33.4 Å². The monoisotopic (exact) mass is 375 g/mol. The van der Waals surface area contributed by atoms with Gasteiger partial charge in [-0.2, -0.15) is 9.78 Å². The molecule has 0 saturated carbocycles. The van der Waals surface area contributed by atoms with Crippen LogP contribution in [-0.2, 0) is 6.61 Å². The molecule has 2 aliphatic heterocycles. The number of hydrogen-bond donors (Lipinski definition) is 2. The molecule has 2 aromatic rings. The van der Waals surface area contributed by atoms with E-state index in [4.69, 9.17) is 0 Å². The minimum Gasteiger partial charge on any atom is -0.406 e. The number of fused-ring (bicyclic) bond motifs is 3. The second-order valence-electron chi connectivity index (χ2n) is 5.85. The van der Waals surface area contributed by atoms with E-state index < -0.39 is 11.9 Å². The summed E-state index contributed by atoms with van der Waals surface area (Å²) in [6.45, 7) is -0.116. The first-order valence-corrected chi connectivity index (χ1v) is 7.86. The second kappa shape index (κ2) is 6.13. The summed E-state index contributed by atoms with van der Waals surface area (Å²) in [5.74, 6) is -0.384. The lowest BCUT2D eigenvalue weighted by molar-refractivity contribution is -0.274. The third-order valence-electron chi connectivity index (χ3n) is 4.09. The maximum Gasteiger partial charge on any atom is 0.573 e. The average molecular weight is 375 g/mol. The number of rotatable bonds is 3. The van der Waals surface area contributed by atoms with Gasteiger partial charge in [-0.05, 0) is 35.9 Å². The van der Waals surface area contributed by atoms with Crippen LogP contribution in [0.15, 0.2) is 53.5 Å². The fourth-order valence-corrected chi connectivity index (χ4v) is 2.87. The van der Waals surface area contributed by atoms with E-state index in [1.807, 2.05) is 0 Å². The molecular weight excluding hydrogens is 363 g/mol. The Balaban J connectivity index is 1.81. The second-order valence-corrected chi connectivity index (χ2v) is 5.85. The Kier molecular flexibility index (Phi) is 3.88. The van der Waals surface area contributed by atoms with Crippen LogP contribution < -0.4 is 10.3 Å². The molecular formula is C18H12F3N3O3. The van der Waals surface area contributed by atoms with Gasteiger partial charge in [-0.15, -0.1) is 13.2 Å². The molecule has 0 fully saturated rings. The van der Waals surface area contributed by atoms with E-state index >= 15 is 0 Å². The number of nitrogens with one attached hydrogen (secondary N) is 1. The zero-order valence-electron chi connectivity index (χ0n) is 13.6. The first kappa shape index (κ1) is 17.1. The van der Waals surface area contributed by atoms with Gasteiger partial charge < -0.3 is 14.8 Å². The number of pyridine rings is 1. The highest BCUT2D eigenvalue weighted by atomic mass is 19.4. The quantitative estimate of drug-likeness (QED) is 0.576. The van der Waals surface area contributed by atoms with Gasteiger partial charge in [0.1, 0.15) is 11.4 Å². The third kappa shape index (κ3) is 3.13. The number of benzene rings is 2. The van der Waals surface area contributed by atoms with Crippen LogP contribution in [0.2, 0.25) is 0 Å². The van der Waals surface area contributed by atoms with Crippen LogP contribution in [-0.4, -0.2) is 26.2 Å². The van der Waals surface area contributed by atoms with Crippen molar-refractivity contribution in [3.8, 4) is 22.7 Å². The van der Waals surface area contributed by atoms with Crippen molar-refractivity contribution >= 4 is 10.9 Å². The highest BCUT2D eigenvalue weighted by Gasteiger charge is 2.31. The molecule has 0 aromatic heterocycles. The lowest BCUT2D eigenvalue weighted by Crippen LogP contribution is -2.17. The van der Waals surface area contributed by atoms with Crippen molar-refractivity contribution in [2.24, 2.45) is 0 Å². The molecule has 0 bridgehead atoms. The Bertz CT molecular complexity index is 1150. The van der Waals surface area contributed by atoms with E-state index in [1.54, 1.807) is 18.2 Å². The smallest absolute Gasteiger partial charge is 0.406 e. The number of aliphatic hydroxyl groups excluding tert-OH is 1. The van der Waals surface area contributed by atoms with Crippen molar-refractivity contribution < 1.29 is 23.0 Å². The zero-order valence-corrected chi connectivity index (χ0v) is 13.6. The van der Waals surface area contributed by atoms with Gasteiger partial charge in [0.25, 0.3) is 5.56 Å². The highest BCUT2D eigenvalue weighted by Crippen LogP contribution is 2.28. The van der Waals surface area contributed by atoms with Gasteiger partial charge in [-0.1, -0.05) is 12.1 Å². The van der Waals surface area contributed by atoms with Crippen LogP contribution in [0.4, 0.5) is 13.2 Å². The molecule has 0 amide bonds. The molecule has 0 spiro atoms. The Labute approximate surface area is 149 Å². The van der Waals surface area contributed by atoms with Crippen molar-refractivity contribution in [1.82, 2.24) is 14.8 Å². The zero-order chi connectivity index (χ0) is 19.2. The number of aromatic amines is 1. The molecule has 9 heteroatoms. The fourth-order valence-electron chi connectivity index (χ4n) is 2.87. The highest BCUT2D eigenvalue weighted by molar-refractivity contribution is 5.93. The first-order chi connectivity index (χ1) is 12.9. The van der Waals surface area contributed by atoms with Crippen LogP contribution >= 0.6 is 0 Å². The molecule has 0 unspecified atom stereocenters. The summed E-state index contributed by atoms with van der Waals surface area (Å²) in [4.78, 5) is 15.6. The molecule has 138 valence electrons. The first-order valence-electron chi connectivity index (χ1n) is 7.86. The summed E-state index contributed by atoms with van der Waals surface area (Å²) in [5, 5.41) is 14.3. The minimum atomic E-state index is -4.78. The average Bonchev–Trinajstić information content (AvgIpc) is 2.97. The molecule has 2 N–H and O–H groups in total. The summed E-state index contributed by atoms with van der Waals surface area (Å²) in [6.07, 6.45) is -3.26. The Morgan fingerprint density at radius 3 is 2.56 bits per heavy atom. The summed E-state index contributed by atoms with van der Waals surface area (Å²) in [5.41, 5.74) is 2.11. The van der Waals surface area contributed by atoms with Crippen LogP contribution in [0.5, 0.6) is 5.75 Å². The number of nitrogens with zero attached hydrogens (tertiary/aromatic N) is 2. The van der Waals surface area contributed by atoms with Gasteiger partial charge in [0.05, 0.1) is 17.9 Å². The maximum atomic E-state index is 12.6. The largest absolute Gasteiger partial charge is 0.573 e. The van der Waals surface area contributed by atoms with Crippen LogP contribution in [0.3, 0.4) is 0 Å². The normalized spacial score (nSPS) is 12.0. The fraction of sp³-hybridized carbons (Fsp3) is 0.111. The topological polar surface area (TPSA) is 80.1 Å². The third-order valence-corrected chi connectivity index (χ3v) is 4.09. The van der Waals surface area contributed by atoms with Crippen molar-refractivity contribution in [3.05, 3.63) is 64.6 Å². The number of hydrogen-bond acceptors (Lipinski definition) is 4. The van der Waals surface area contributed by atoms with Crippen molar-refractivity contribution in [3.63, 3.8) is 0 Å². The summed E-state index contributed by atoms with van der Waals surface area (Å²) in [7, 11) is 0. The Morgan fingerprint density at radius 2 is 1.89 bits per heavy atom. The molecule has 0 saturated heterocycles. The Morgan fingerprint density at radius 1 is 1.15 bits per heavy atom. The molecule has 2 heterocycles. The van der Waals surface area contributed by atoms with Crippen molar-refractivity contribution in [1.29, 1.82) is 0 Å². The van der Waals surface area contributed by atoms with Gasteiger partial charge in [-0.25, -0.2) is 0 Å². The minimum absolute atomic E-state index is 0.116. The van der Waals surface area contributed by atoms with Crippen LogP contribution in [0.1, 0.15) is 5.56 Å². The molecule has 0 aliphatic carbocycles. The molecule has 27 heavy (non-hydrogen) atoms. The number of halogens is 3. The van der Waals surface area contributed by atoms with Gasteiger partial charge >= 0.3 is 6.36 Å². The summed E-state index contributed by atoms with van der Waals surface area (Å²) in [6, 6.07) is 10.1. The Hall–Kier alpha value is -3.33. The van der Waals surface area contributed by atoms with E-state index in [-0.39, 0.29) is 12.4 Å². The lowest BCUT2D eigenvalue weighted by atomic mass is 10.1. The molecule has 2 aliphatic rings. The van der Waals surface area contributed by atoms with E-state index in [2.05, 4.69) is 14.8 Å². The number of ether oxygens (including phenoxy) is 1. The predicted octanol–water partition coefficient (Wildman–Crippen LogP) is 3.21. The van der Waals surface area contributed by atoms with Crippen LogP contribution in [0, 0.1) is 0 Å². The standard InChI is InChI=1S/C18H12F3N3O3/c19-18(20,21)27-12-4-2-11(3-5-12)24-17(26)14-8-22-15-7-10(9-25)1-6-13(15)16(14)23-24/h1-8,22,25H,9H2. The molecule has 2 aromatic carbocycles. The number of alkyl halides is 3. The van der Waals surface area contributed by atoms with Crippen LogP contribution in [0.25, 0.3) is 27.8 Å². The maximum absolute atomic E-state index is 12.6. The van der Waals surface area contributed by atoms with Gasteiger partial charge in [0.2, 0.25) is 0 Å². The predicted molar refractivity (Wildman–Crippen MR) is 90.9 cm³/mol. The molecule has 6 nitrogen and oxygen atoms in total. The number of aliphatic hydroxyl groups is 1. The lowest BCUT2D eigenvalue weighted by Gasteiger charge is -2.08. The van der Waals surface area contributed by atoms with Gasteiger partial charge in [0.15, 0.2) is 0 Å². The molecule has 4 rings (SSSR count). The number of aromatic nitrogens is 3. The summed E-state index contributed by atoms with van der Waals surface area (Å²) >= 11 is 0.